The lowest BCUT2D eigenvalue weighted by atomic mass is 10.1. The maximum Gasteiger partial charge on any atom is 0.258 e. The van der Waals surface area contributed by atoms with Gasteiger partial charge in [0.2, 0.25) is 9.23 Å². The second-order valence-electron chi connectivity index (χ2n) is 19.9. The van der Waals surface area contributed by atoms with Gasteiger partial charge in [-0.3, -0.25) is 9.50 Å². The molecule has 0 spiro atoms. The van der Waals surface area contributed by atoms with Gasteiger partial charge >= 0.3 is 0 Å². The number of H-pyrrole nitrogens is 1. The van der Waals surface area contributed by atoms with Crippen LogP contribution in [0, 0.1) is 36.5 Å². The van der Waals surface area contributed by atoms with Crippen molar-refractivity contribution in [2.24, 2.45) is 0 Å². The van der Waals surface area contributed by atoms with Crippen molar-refractivity contribution in [1.29, 1.82) is 0 Å². The number of ether oxygens (including phenoxy) is 12. The number of methoxy groups -OCH3 is 6. The van der Waals surface area contributed by atoms with Crippen molar-refractivity contribution in [3.63, 3.8) is 0 Å². The number of aromatic nitrogens is 6. The Morgan fingerprint density at radius 1 is 0.535 bits per heavy atom. The van der Waals surface area contributed by atoms with Crippen LogP contribution in [0.25, 0.3) is 32.7 Å². The van der Waals surface area contributed by atoms with Crippen molar-refractivity contribution in [3.8, 4) is 71.0 Å². The van der Waals surface area contributed by atoms with E-state index in [4.69, 9.17) is 97.0 Å². The molecule has 0 saturated carbocycles. The highest BCUT2D eigenvalue weighted by Gasteiger charge is 2.16. The summed E-state index contributed by atoms with van der Waals surface area (Å²) < 4.78 is 73.3. The number of benzene rings is 6. The fourth-order valence-corrected chi connectivity index (χ4v) is 7.85. The first-order valence-electron chi connectivity index (χ1n) is 29.3. The second-order valence-corrected chi connectivity index (χ2v) is 22.7. The smallest absolute Gasteiger partial charge is 0.258 e. The monoisotopic (exact) mass is 1590 g/mol. The number of rotatable bonds is 26. The molecule has 0 bridgehead atoms. The van der Waals surface area contributed by atoms with E-state index in [0.717, 1.165) is 33.3 Å². The summed E-state index contributed by atoms with van der Waals surface area (Å²) in [4.78, 5) is 35.3. The number of nitrogens with two attached hydrogens (primary N) is 2. The molecule has 3 aromatic heterocycles. The minimum Gasteiger partial charge on any atom is -0.487 e. The number of nitrogens with one attached hydrogen (secondary N) is 2. The summed E-state index contributed by atoms with van der Waals surface area (Å²) in [6.07, 6.45) is 14.9. The predicted molar refractivity (Wildman–Crippen MR) is 414 cm³/mol. The number of aliphatic hydroxyl groups is 1. The van der Waals surface area contributed by atoms with Crippen molar-refractivity contribution >= 4 is 122 Å². The summed E-state index contributed by atoms with van der Waals surface area (Å²) >= 11 is 6.08. The highest BCUT2D eigenvalue weighted by molar-refractivity contribution is 14.0. The Bertz CT molecular complexity index is 4130. The first kappa shape index (κ1) is 92.4. The van der Waals surface area contributed by atoms with E-state index in [1.54, 1.807) is 105 Å². The van der Waals surface area contributed by atoms with Gasteiger partial charge in [0, 0.05) is 128 Å². The van der Waals surface area contributed by atoms with Crippen molar-refractivity contribution in [2.45, 2.75) is 34.3 Å². The van der Waals surface area contributed by atoms with E-state index in [-0.39, 0.29) is 50.5 Å². The first-order chi connectivity index (χ1) is 46.8. The molecule has 9 rings (SSSR count). The van der Waals surface area contributed by atoms with Gasteiger partial charge in [-0.05, 0) is 86.6 Å². The van der Waals surface area contributed by atoms with Gasteiger partial charge in [0.25, 0.3) is 5.56 Å². The summed E-state index contributed by atoms with van der Waals surface area (Å²) in [5, 5.41) is 15.0. The van der Waals surface area contributed by atoms with Crippen LogP contribution in [0.3, 0.4) is 0 Å². The third kappa shape index (κ3) is 35.5. The van der Waals surface area contributed by atoms with Crippen LogP contribution < -0.4 is 50.8 Å². The average molecular weight is 1590 g/mol. The summed E-state index contributed by atoms with van der Waals surface area (Å²) in [6.45, 7) is 8.45. The molecular weight excluding hydrogens is 1500 g/mol. The van der Waals surface area contributed by atoms with Gasteiger partial charge in [0.1, 0.15) is 68.9 Å². The van der Waals surface area contributed by atoms with Gasteiger partial charge < -0.3 is 83.7 Å². The molecular formula is C71H90Cl3FIN9O15S. The van der Waals surface area contributed by atoms with Crippen LogP contribution >= 0.6 is 56.9 Å². The molecule has 550 valence electrons. The molecule has 30 heteroatoms. The van der Waals surface area contributed by atoms with Crippen molar-refractivity contribution in [1.82, 2.24) is 29.9 Å². The maximum atomic E-state index is 11.8. The van der Waals surface area contributed by atoms with Gasteiger partial charge in [-0.2, -0.15) is 0 Å². The maximum absolute atomic E-state index is 11.8. The van der Waals surface area contributed by atoms with Crippen molar-refractivity contribution in [3.05, 3.63) is 160 Å². The van der Waals surface area contributed by atoms with Gasteiger partial charge in [-0.15, -0.1) is 36.8 Å². The fourth-order valence-electron chi connectivity index (χ4n) is 7.65. The first-order valence-corrected chi connectivity index (χ1v) is 32.4. The molecule has 0 unspecified atom stereocenters. The quantitative estimate of drug-likeness (QED) is 0.00840. The number of halogens is 5. The third-order valence-electron chi connectivity index (χ3n) is 12.1. The lowest BCUT2D eigenvalue weighted by molar-refractivity contribution is 0.132. The Labute approximate surface area is 624 Å². The largest absolute Gasteiger partial charge is 0.487 e. The summed E-state index contributed by atoms with van der Waals surface area (Å²) in [6, 6.07) is 32.6. The molecule has 9 aromatic rings. The average Bonchev–Trinajstić information content (AvgIpc) is 0.805. The Balaban J connectivity index is 0. The minimum atomic E-state index is -1.67. The zero-order chi connectivity index (χ0) is 70.8. The van der Waals surface area contributed by atoms with Crippen LogP contribution in [-0.4, -0.2) is 167 Å². The highest BCUT2D eigenvalue weighted by atomic mass is 127. The van der Waals surface area contributed by atoms with E-state index >= 15 is 0 Å². The van der Waals surface area contributed by atoms with Crippen LogP contribution in [0.15, 0.2) is 133 Å². The Kier molecular flexibility index (Phi) is 48.0. The summed E-state index contributed by atoms with van der Waals surface area (Å²) in [7, 11) is 17.0. The Morgan fingerprint density at radius 3 is 1.30 bits per heavy atom. The van der Waals surface area contributed by atoms with E-state index in [1.165, 1.54) is 19.0 Å². The number of anilines is 4. The molecule has 0 saturated heterocycles. The van der Waals surface area contributed by atoms with Gasteiger partial charge in [0.15, 0.2) is 34.5 Å². The van der Waals surface area contributed by atoms with E-state index in [2.05, 4.69) is 80.3 Å². The third-order valence-corrected chi connectivity index (χ3v) is 12.4. The van der Waals surface area contributed by atoms with E-state index < -0.39 is 14.8 Å². The van der Waals surface area contributed by atoms with Gasteiger partial charge in [-0.25, -0.2) is 29.1 Å². The van der Waals surface area contributed by atoms with Crippen LogP contribution in [0.5, 0.6) is 34.5 Å². The van der Waals surface area contributed by atoms with Crippen molar-refractivity contribution < 1.29 is 72.3 Å². The number of hydrogen-bond acceptors (Lipinski definition) is 23. The molecule has 0 amide bonds. The van der Waals surface area contributed by atoms with E-state index in [0.29, 0.717) is 158 Å². The van der Waals surface area contributed by atoms with Gasteiger partial charge in [0.05, 0.1) is 67.9 Å². The van der Waals surface area contributed by atoms with Crippen LogP contribution in [0.4, 0.5) is 27.6 Å². The highest BCUT2D eigenvalue weighted by Crippen LogP contribution is 2.37. The van der Waals surface area contributed by atoms with Gasteiger partial charge in [-0.1, -0.05) is 68.3 Å². The number of nitrogens with zero attached hydrogens (tertiary/aromatic N) is 5. The van der Waals surface area contributed by atoms with E-state index in [1.807, 2.05) is 60.7 Å². The van der Waals surface area contributed by atoms with Crippen molar-refractivity contribution in [2.75, 3.05) is 139 Å². The number of fused-ring (bicyclic) bond motifs is 3. The molecule has 6 aromatic carbocycles. The molecule has 0 aliphatic heterocycles. The molecule has 101 heavy (non-hydrogen) atoms. The fraction of sp³-hybridized carbons (Fsp3) is 0.324. The molecule has 0 aliphatic rings. The normalized spacial score (nSPS) is 9.93. The summed E-state index contributed by atoms with van der Waals surface area (Å²) in [5.74, 6) is 14.7. The van der Waals surface area contributed by atoms with Crippen LogP contribution in [0.2, 0.25) is 5.15 Å². The Morgan fingerprint density at radius 2 is 0.891 bits per heavy atom. The van der Waals surface area contributed by atoms with Crippen LogP contribution in [0.1, 0.15) is 46.8 Å². The lowest BCUT2D eigenvalue weighted by Crippen LogP contribution is -2.14. The zero-order valence-electron chi connectivity index (χ0n) is 55.7. The molecule has 24 nitrogen and oxygen atoms in total. The molecule has 0 aliphatic carbocycles. The lowest BCUT2D eigenvalue weighted by Gasteiger charge is -2.15. The number of aromatic amines is 1. The number of nitrogen functional groups attached to an aromatic ring is 2. The molecule has 0 atom stereocenters. The molecule has 3 heterocycles. The van der Waals surface area contributed by atoms with E-state index in [9.17, 15) is 9.90 Å². The summed E-state index contributed by atoms with van der Waals surface area (Å²) in [5.41, 5.74) is 16.5. The molecule has 0 radical (unpaired) electrons. The predicted octanol–water partition coefficient (Wildman–Crippen LogP) is 12.7. The minimum absolute atomic E-state index is 0. The standard InChI is InChI=1S/C22H23N3O4.C14H17ClN2O4.C14H18N2O5.C11H13NO.C8H7N.2CH4.Cl2OS.FH.HI.H2/c1-4-16-6-5-7-17(12-16)25-22-18-13-20(28-10-8-26-2)21(29-11-9-27-3)14-19(18)23-15-24-22;1-18-3-5-20-12-7-10-11(16-9-17-14(10)15)8-13(12)21-6-4-19-2;1-18-3-5-20-12-7-10-11(15-9-16-14(10)17)8-13(12)21-6-4-19-2;1-11(2,13)7-6-9-4-3-5-10(12)8-9;1-2-7-4-3-5-8(9)6-7;;;1-4(2)3;;;/h1,5-7,12-15H,8-11H2,2-3H3,(H,23,24,25);7-9H,3-6H2,1-2H3;7-9H,3-6H2,1-2H3,(H,15,16,17);3-5,8,13H,12H2,1-2H3;1,3-6H,9H2;2*1H4;;3*1H. The molecule has 7 N–H and O–H groups in total. The Hall–Kier alpha value is -8.58. The number of terminal acetylenes is 2. The topological polar surface area (TPSA) is 309 Å². The number of hydrogen-bond donors (Lipinski definition) is 5. The van der Waals surface area contributed by atoms with Crippen LogP contribution in [-0.2, 0) is 37.6 Å². The SMILES string of the molecule is C.C.C#Cc1cccc(N)c1.C#Cc1cccc(Nc2ncnc3cc(OCCOC)c(OCCOC)cc23)c1.CC(C)(O)C#Cc1cccc(N)c1.COCCOc1cc2nc[nH]c(=O)c2cc1OCCOC.COCCOc1cc2ncnc(Cl)c2cc1OCCOC.F.I.O=S(Cl)Cl.[HH]. The molecule has 0 fully saturated rings. The second kappa shape index (κ2) is 52.4. The zero-order valence-corrected chi connectivity index (χ0v) is 61.1.